The predicted octanol–water partition coefficient (Wildman–Crippen LogP) is 2.55. The molecule has 0 spiro atoms. The maximum Gasteiger partial charge on any atom is 0.233 e. The van der Waals surface area contributed by atoms with Crippen molar-refractivity contribution in [2.75, 3.05) is 18.8 Å². The number of halogens is 2. The van der Waals surface area contributed by atoms with Crippen molar-refractivity contribution in [2.24, 2.45) is 0 Å². The van der Waals surface area contributed by atoms with Crippen LogP contribution in [0.15, 0.2) is 36.8 Å². The lowest BCUT2D eigenvalue weighted by atomic mass is 10.1. The number of nitrogens with zero attached hydrogens (tertiary/aromatic N) is 4. The molecule has 0 aliphatic carbocycles. The monoisotopic (exact) mass is 474 g/mol. The van der Waals surface area contributed by atoms with E-state index in [-0.39, 0.29) is 36.5 Å². The lowest BCUT2D eigenvalue weighted by molar-refractivity contribution is -0.159. The molecule has 0 radical (unpaired) electrons. The van der Waals surface area contributed by atoms with Gasteiger partial charge in [-0.3, -0.25) is 15.0 Å². The van der Waals surface area contributed by atoms with E-state index in [1.807, 2.05) is 0 Å². The van der Waals surface area contributed by atoms with E-state index in [4.69, 9.17) is 27.9 Å². The van der Waals surface area contributed by atoms with E-state index in [0.29, 0.717) is 28.5 Å². The van der Waals surface area contributed by atoms with E-state index in [9.17, 15) is 18.4 Å². The van der Waals surface area contributed by atoms with Gasteiger partial charge in [0.25, 0.3) is 0 Å². The maximum atomic E-state index is 12.9. The van der Waals surface area contributed by atoms with Crippen molar-refractivity contribution in [3.8, 4) is 5.88 Å². The molecule has 1 atom stereocenters. The minimum atomic E-state index is -3.77. The molecule has 9 nitrogen and oxygen atoms in total. The first kappa shape index (κ1) is 22.7. The highest BCUT2D eigenvalue weighted by atomic mass is 35.5. The molecule has 1 aliphatic heterocycles. The second kappa shape index (κ2) is 9.88. The van der Waals surface area contributed by atoms with Crippen LogP contribution in [0.25, 0.3) is 0 Å². The van der Waals surface area contributed by atoms with E-state index < -0.39 is 21.8 Å². The van der Waals surface area contributed by atoms with Crippen LogP contribution >= 0.6 is 23.2 Å². The number of hydrogen-bond donors (Lipinski definition) is 1. The molecule has 0 bridgehead atoms. The van der Waals surface area contributed by atoms with Crippen molar-refractivity contribution in [3.63, 3.8) is 0 Å². The SMILES string of the molecule is O=CN(O)C(CS(=O)(=O)N1CCC(Oc2ncc(Cl)cc2Cl)CC1)c1cccnc1. The first-order chi connectivity index (χ1) is 14.3. The summed E-state index contributed by atoms with van der Waals surface area (Å²) in [7, 11) is -3.77. The molecule has 1 N–H and O–H groups in total. The van der Waals surface area contributed by atoms with Crippen molar-refractivity contribution >= 4 is 39.6 Å². The average molecular weight is 475 g/mol. The molecule has 1 aliphatic rings. The highest BCUT2D eigenvalue weighted by Gasteiger charge is 2.33. The Hall–Kier alpha value is -1.98. The van der Waals surface area contributed by atoms with Crippen molar-refractivity contribution < 1.29 is 23.2 Å². The van der Waals surface area contributed by atoms with Gasteiger partial charge in [0, 0.05) is 31.7 Å². The third kappa shape index (κ3) is 5.58. The summed E-state index contributed by atoms with van der Waals surface area (Å²) in [5.74, 6) is -0.217. The zero-order valence-corrected chi connectivity index (χ0v) is 18.1. The molecular formula is C18H20Cl2N4O5S. The van der Waals surface area contributed by atoms with Gasteiger partial charge in [0.1, 0.15) is 17.2 Å². The summed E-state index contributed by atoms with van der Waals surface area (Å²) >= 11 is 11.9. The quantitative estimate of drug-likeness (QED) is 0.355. The molecule has 0 saturated carbocycles. The number of sulfonamides is 1. The molecule has 1 amide bonds. The molecule has 2 aromatic heterocycles. The molecule has 3 heterocycles. The van der Waals surface area contributed by atoms with Crippen LogP contribution in [-0.4, -0.2) is 64.3 Å². The Labute approximate surface area is 184 Å². The topological polar surface area (TPSA) is 113 Å². The van der Waals surface area contributed by atoms with Crippen molar-refractivity contribution in [2.45, 2.75) is 25.0 Å². The van der Waals surface area contributed by atoms with Gasteiger partial charge in [0.2, 0.25) is 22.3 Å². The van der Waals surface area contributed by atoms with E-state index in [1.165, 1.54) is 29.0 Å². The molecule has 3 rings (SSSR count). The minimum absolute atomic E-state index is 0.177. The van der Waals surface area contributed by atoms with E-state index in [1.54, 1.807) is 12.1 Å². The van der Waals surface area contributed by atoms with Crippen LogP contribution in [0.4, 0.5) is 0 Å². The molecule has 162 valence electrons. The number of rotatable bonds is 8. The van der Waals surface area contributed by atoms with Crippen LogP contribution in [0, 0.1) is 0 Å². The zero-order chi connectivity index (χ0) is 21.7. The Morgan fingerprint density at radius 1 is 1.33 bits per heavy atom. The highest BCUT2D eigenvalue weighted by molar-refractivity contribution is 7.89. The molecule has 1 fully saturated rings. The van der Waals surface area contributed by atoms with Gasteiger partial charge in [-0.25, -0.2) is 22.8 Å². The maximum absolute atomic E-state index is 12.9. The number of hydroxylamine groups is 2. The largest absolute Gasteiger partial charge is 0.473 e. The molecule has 0 aromatic carbocycles. The van der Waals surface area contributed by atoms with Gasteiger partial charge >= 0.3 is 0 Å². The number of piperidine rings is 1. The number of carbonyl (C=O) groups excluding carboxylic acids is 1. The second-order valence-electron chi connectivity index (χ2n) is 6.72. The summed E-state index contributed by atoms with van der Waals surface area (Å²) in [6.07, 6.45) is 5.16. The normalized spacial score (nSPS) is 16.8. The summed E-state index contributed by atoms with van der Waals surface area (Å²) in [6, 6.07) is 3.67. The van der Waals surface area contributed by atoms with Gasteiger partial charge in [-0.1, -0.05) is 29.3 Å². The fraction of sp³-hybridized carbons (Fsp3) is 0.389. The Kier molecular flexibility index (Phi) is 7.48. The lowest BCUT2D eigenvalue weighted by Crippen LogP contribution is -2.44. The average Bonchev–Trinajstić information content (AvgIpc) is 2.74. The van der Waals surface area contributed by atoms with Crippen LogP contribution in [0.2, 0.25) is 10.0 Å². The number of pyridine rings is 2. The first-order valence-electron chi connectivity index (χ1n) is 9.08. The Bertz CT molecular complexity index is 972. The van der Waals surface area contributed by atoms with Crippen molar-refractivity contribution in [1.29, 1.82) is 0 Å². The van der Waals surface area contributed by atoms with Crippen LogP contribution in [-0.2, 0) is 14.8 Å². The summed E-state index contributed by atoms with van der Waals surface area (Å²) in [4.78, 5) is 19.0. The second-order valence-corrected chi connectivity index (χ2v) is 9.58. The van der Waals surface area contributed by atoms with Gasteiger partial charge in [-0.2, -0.15) is 0 Å². The number of amides is 1. The Balaban J connectivity index is 1.64. The molecule has 2 aromatic rings. The number of aromatic nitrogens is 2. The van der Waals surface area contributed by atoms with E-state index >= 15 is 0 Å². The first-order valence-corrected chi connectivity index (χ1v) is 11.4. The number of carbonyl (C=O) groups is 1. The smallest absolute Gasteiger partial charge is 0.233 e. The van der Waals surface area contributed by atoms with Gasteiger partial charge in [-0.05, 0) is 30.5 Å². The fourth-order valence-corrected chi connectivity index (χ4v) is 5.30. The minimum Gasteiger partial charge on any atom is -0.473 e. The van der Waals surface area contributed by atoms with Gasteiger partial charge in [-0.15, -0.1) is 0 Å². The Morgan fingerprint density at radius 3 is 2.67 bits per heavy atom. The zero-order valence-electron chi connectivity index (χ0n) is 15.8. The molecular weight excluding hydrogens is 455 g/mol. The van der Waals surface area contributed by atoms with Crippen LogP contribution in [0.1, 0.15) is 24.4 Å². The summed E-state index contributed by atoms with van der Waals surface area (Å²) < 4.78 is 32.9. The van der Waals surface area contributed by atoms with E-state index in [2.05, 4.69) is 9.97 Å². The van der Waals surface area contributed by atoms with Crippen molar-refractivity contribution in [3.05, 3.63) is 52.4 Å². The lowest BCUT2D eigenvalue weighted by Gasteiger charge is -2.33. The molecule has 30 heavy (non-hydrogen) atoms. The number of ether oxygens (including phenoxy) is 1. The highest BCUT2D eigenvalue weighted by Crippen LogP contribution is 2.28. The summed E-state index contributed by atoms with van der Waals surface area (Å²) in [5.41, 5.74) is 0.414. The third-order valence-electron chi connectivity index (χ3n) is 4.71. The van der Waals surface area contributed by atoms with Crippen LogP contribution in [0.3, 0.4) is 0 Å². The predicted molar refractivity (Wildman–Crippen MR) is 110 cm³/mol. The van der Waals surface area contributed by atoms with Crippen LogP contribution in [0.5, 0.6) is 5.88 Å². The van der Waals surface area contributed by atoms with E-state index in [0.717, 1.165) is 0 Å². The molecule has 12 heteroatoms. The van der Waals surface area contributed by atoms with Crippen LogP contribution < -0.4 is 4.74 Å². The fourth-order valence-electron chi connectivity index (χ4n) is 3.15. The van der Waals surface area contributed by atoms with Gasteiger partial charge in [0.15, 0.2) is 0 Å². The van der Waals surface area contributed by atoms with Crippen molar-refractivity contribution in [1.82, 2.24) is 19.3 Å². The summed E-state index contributed by atoms with van der Waals surface area (Å²) in [5, 5.41) is 10.9. The summed E-state index contributed by atoms with van der Waals surface area (Å²) in [6.45, 7) is 0.453. The molecule has 1 unspecified atom stereocenters. The van der Waals surface area contributed by atoms with Gasteiger partial charge in [0.05, 0.1) is 10.8 Å². The third-order valence-corrected chi connectivity index (χ3v) is 7.08. The number of hydrogen-bond acceptors (Lipinski definition) is 7. The van der Waals surface area contributed by atoms with Gasteiger partial charge < -0.3 is 4.74 Å². The Morgan fingerprint density at radius 2 is 2.07 bits per heavy atom. The molecule has 1 saturated heterocycles. The standard InChI is InChI=1S/C18H20Cl2N4O5S/c19-14-8-16(20)18(22-10-14)29-15-3-6-23(7-4-15)30(27,28)11-17(24(26)12-25)13-2-1-5-21-9-13/h1-2,5,8-10,12,15,17,26H,3-4,6-7,11H2.